The first-order valence-corrected chi connectivity index (χ1v) is 10.0. The number of carbonyl (C=O) groups is 1. The molecule has 2 aromatic heterocycles. The van der Waals surface area contributed by atoms with Crippen LogP contribution in [-0.4, -0.2) is 117 Å². The number of pyridine rings is 1. The SMILES string of the molecule is [B]C1([B])OC([B])([B])C([B])([B])N(CC(=O)Nc2cc3cc(-c4cccnc4)ccc3nn2)C1([B])[B]. The lowest BCUT2D eigenvalue weighted by Gasteiger charge is -2.69. The number of aromatic nitrogens is 3. The van der Waals surface area contributed by atoms with Crippen LogP contribution >= 0.6 is 0 Å². The zero-order valence-corrected chi connectivity index (χ0v) is 18.1. The Kier molecular flexibility index (Phi) is 6.10. The van der Waals surface area contributed by atoms with Crippen LogP contribution in [0.2, 0.25) is 0 Å². The number of nitrogens with zero attached hydrogens (tertiary/aromatic N) is 4. The molecule has 0 spiro atoms. The van der Waals surface area contributed by atoms with Crippen molar-refractivity contribution < 1.29 is 9.53 Å². The summed E-state index contributed by atoms with van der Waals surface area (Å²) in [6.07, 6.45) is 3.42. The molecule has 1 fully saturated rings. The van der Waals surface area contributed by atoms with Crippen molar-refractivity contribution in [3.8, 4) is 11.1 Å². The van der Waals surface area contributed by atoms with Crippen molar-refractivity contribution in [1.82, 2.24) is 20.1 Å². The van der Waals surface area contributed by atoms with Gasteiger partial charge in [-0.1, -0.05) is 12.1 Å². The van der Waals surface area contributed by atoms with E-state index in [2.05, 4.69) is 20.5 Å². The van der Waals surface area contributed by atoms with Crippen LogP contribution in [0.3, 0.4) is 0 Å². The fourth-order valence-corrected chi connectivity index (χ4v) is 3.58. The normalized spacial score (nSPS) is 20.5. The fraction of sp³-hybridized carbons (Fsp3) is 0.263. The van der Waals surface area contributed by atoms with Gasteiger partial charge in [0.2, 0.25) is 5.91 Å². The molecular weight excluding hydrogens is 417 g/mol. The molecule has 3 aromatic rings. The van der Waals surface area contributed by atoms with E-state index in [0.29, 0.717) is 5.52 Å². The lowest BCUT2D eigenvalue weighted by Crippen LogP contribution is -2.86. The minimum Gasteiger partial charge on any atom is -0.406 e. The van der Waals surface area contributed by atoms with Crippen LogP contribution in [0.15, 0.2) is 48.8 Å². The van der Waals surface area contributed by atoms with Gasteiger partial charge in [0.05, 0.1) is 74.8 Å². The van der Waals surface area contributed by atoms with Crippen LogP contribution in [-0.2, 0) is 9.53 Å². The summed E-state index contributed by atoms with van der Waals surface area (Å²) in [7, 11) is 47.4. The molecule has 1 aromatic carbocycles. The van der Waals surface area contributed by atoms with E-state index in [1.807, 2.05) is 30.3 Å². The lowest BCUT2D eigenvalue weighted by atomic mass is 9.30. The third kappa shape index (κ3) is 4.24. The van der Waals surface area contributed by atoms with Crippen molar-refractivity contribution in [2.45, 2.75) is 21.5 Å². The molecule has 1 N–H and O–H groups in total. The topological polar surface area (TPSA) is 80.2 Å². The van der Waals surface area contributed by atoms with Gasteiger partial charge in [-0.2, -0.15) is 0 Å². The Morgan fingerprint density at radius 2 is 1.59 bits per heavy atom. The second kappa shape index (κ2) is 8.38. The maximum atomic E-state index is 12.8. The quantitative estimate of drug-likeness (QED) is 0.482. The number of fused-ring (bicyclic) bond motifs is 1. The van der Waals surface area contributed by atoms with Gasteiger partial charge in [0.15, 0.2) is 5.82 Å². The molecule has 1 saturated heterocycles. The van der Waals surface area contributed by atoms with E-state index in [0.717, 1.165) is 21.4 Å². The number of hydrogen-bond acceptors (Lipinski definition) is 6. The zero-order chi connectivity index (χ0) is 24.9. The molecule has 3 heterocycles. The predicted octanol–water partition coefficient (Wildman–Crippen LogP) is -2.07. The van der Waals surface area contributed by atoms with E-state index in [1.165, 1.54) is 0 Å². The molecule has 0 saturated carbocycles. The van der Waals surface area contributed by atoms with Crippen molar-refractivity contribution >= 4 is 85.4 Å². The van der Waals surface area contributed by atoms with Gasteiger partial charge in [-0.25, -0.2) is 0 Å². The third-order valence-corrected chi connectivity index (χ3v) is 5.63. The molecule has 15 heteroatoms. The van der Waals surface area contributed by atoms with Crippen LogP contribution in [0.1, 0.15) is 0 Å². The number of morpholine rings is 1. The number of carbonyl (C=O) groups excluding carboxylic acids is 1. The highest BCUT2D eigenvalue weighted by Crippen LogP contribution is 2.39. The average Bonchev–Trinajstić information content (AvgIpc) is 2.75. The van der Waals surface area contributed by atoms with Crippen LogP contribution in [0.25, 0.3) is 22.0 Å². The molecule has 0 aliphatic carbocycles. The summed E-state index contributed by atoms with van der Waals surface area (Å²) < 4.78 is 5.13. The molecular formula is C19H11B8N5O2. The maximum absolute atomic E-state index is 12.8. The van der Waals surface area contributed by atoms with Gasteiger partial charge in [-0.3, -0.25) is 9.78 Å². The van der Waals surface area contributed by atoms with E-state index in [-0.39, 0.29) is 5.82 Å². The van der Waals surface area contributed by atoms with Crippen LogP contribution in [0, 0.1) is 0 Å². The summed E-state index contributed by atoms with van der Waals surface area (Å²) in [5.74, 6) is -0.530. The Balaban J connectivity index is 1.59. The molecule has 16 radical (unpaired) electrons. The van der Waals surface area contributed by atoms with Gasteiger partial charge in [0, 0.05) is 23.3 Å². The monoisotopic (exact) mass is 429 g/mol. The molecule has 1 amide bonds. The summed E-state index contributed by atoms with van der Waals surface area (Å²) in [4.78, 5) is 17.8. The first kappa shape index (κ1) is 24.7. The molecule has 0 atom stereocenters. The Bertz CT molecular complexity index is 1220. The minimum absolute atomic E-state index is 0.145. The Morgan fingerprint density at radius 1 is 0.912 bits per heavy atom. The van der Waals surface area contributed by atoms with Gasteiger partial charge in [0.1, 0.15) is 0 Å². The summed E-state index contributed by atoms with van der Waals surface area (Å²) >= 11 is 0. The lowest BCUT2D eigenvalue weighted by molar-refractivity contribution is -0.131. The second-order valence-corrected chi connectivity index (χ2v) is 8.22. The number of nitrogens with one attached hydrogen (secondary N) is 1. The van der Waals surface area contributed by atoms with Crippen molar-refractivity contribution in [2.75, 3.05) is 11.9 Å². The summed E-state index contributed by atoms with van der Waals surface area (Å²) in [6.45, 7) is -0.606. The summed E-state index contributed by atoms with van der Waals surface area (Å²) in [5.41, 5.74) is 2.45. The highest BCUT2D eigenvalue weighted by Gasteiger charge is 2.57. The van der Waals surface area contributed by atoms with E-state index in [1.54, 1.807) is 18.5 Å². The molecule has 4 rings (SSSR count). The first-order valence-electron chi connectivity index (χ1n) is 10.0. The Morgan fingerprint density at radius 3 is 2.21 bits per heavy atom. The van der Waals surface area contributed by atoms with Crippen molar-refractivity contribution in [1.29, 1.82) is 0 Å². The van der Waals surface area contributed by atoms with Gasteiger partial charge in [-0.05, 0) is 51.3 Å². The Labute approximate surface area is 208 Å². The van der Waals surface area contributed by atoms with E-state index in [4.69, 9.17) is 67.5 Å². The molecule has 34 heavy (non-hydrogen) atoms. The number of amides is 1. The zero-order valence-electron chi connectivity index (χ0n) is 18.1. The van der Waals surface area contributed by atoms with Gasteiger partial charge in [-0.15, -0.1) is 10.2 Å². The highest BCUT2D eigenvalue weighted by molar-refractivity contribution is 6.59. The van der Waals surface area contributed by atoms with E-state index in [9.17, 15) is 4.79 Å². The van der Waals surface area contributed by atoms with Crippen LogP contribution in [0.5, 0.6) is 0 Å². The fourth-order valence-electron chi connectivity index (χ4n) is 3.58. The smallest absolute Gasteiger partial charge is 0.239 e. The summed E-state index contributed by atoms with van der Waals surface area (Å²) in [5, 5.41) is 2.37. The average molecular weight is 428 g/mol. The van der Waals surface area contributed by atoms with Gasteiger partial charge in [0.25, 0.3) is 0 Å². The van der Waals surface area contributed by atoms with Gasteiger partial charge >= 0.3 is 0 Å². The molecule has 1 aliphatic heterocycles. The van der Waals surface area contributed by atoms with Crippen LogP contribution in [0.4, 0.5) is 5.82 Å². The second-order valence-electron chi connectivity index (χ2n) is 8.22. The van der Waals surface area contributed by atoms with E-state index >= 15 is 0 Å². The number of anilines is 1. The number of rotatable bonds is 4. The van der Waals surface area contributed by atoms with Crippen molar-refractivity contribution in [3.63, 3.8) is 0 Å². The van der Waals surface area contributed by atoms with Crippen LogP contribution < -0.4 is 5.32 Å². The number of benzene rings is 1. The standard InChI is InChI=1S/C19H11B8N5O2/c20-16(21)18(24,25)34-19(26,27)17(22,23)32(16)9-15(33)29-14-7-12-6-10(3-4-13(12)30-31-14)11-2-1-5-28-8-11/h1-8H,9H2,(H,29,31,33). The molecule has 1 aliphatic rings. The number of ether oxygens (including phenoxy) is 1. The van der Waals surface area contributed by atoms with E-state index < -0.39 is 33.9 Å². The molecule has 7 nitrogen and oxygen atoms in total. The molecule has 0 bridgehead atoms. The maximum Gasteiger partial charge on any atom is 0.239 e. The van der Waals surface area contributed by atoms with Crippen molar-refractivity contribution in [2.24, 2.45) is 0 Å². The molecule has 148 valence electrons. The third-order valence-electron chi connectivity index (χ3n) is 5.63. The highest BCUT2D eigenvalue weighted by atomic mass is 16.5. The summed E-state index contributed by atoms with van der Waals surface area (Å²) in [6, 6.07) is 11.0. The Hall–Kier alpha value is -2.38. The minimum atomic E-state index is -2.30. The first-order chi connectivity index (χ1) is 15.7. The molecule has 0 unspecified atom stereocenters. The van der Waals surface area contributed by atoms with Crippen molar-refractivity contribution in [3.05, 3.63) is 48.8 Å². The predicted molar refractivity (Wildman–Crippen MR) is 136 cm³/mol. The largest absolute Gasteiger partial charge is 0.406 e. The number of hydrogen-bond donors (Lipinski definition) is 1. The van der Waals surface area contributed by atoms with Gasteiger partial charge < -0.3 is 15.0 Å².